The number of rotatable bonds is 5. The van der Waals surface area contributed by atoms with Gasteiger partial charge in [0.25, 0.3) is 11.8 Å². The molecule has 0 unspecified atom stereocenters. The number of ether oxygens (including phenoxy) is 2. The molecule has 0 aliphatic carbocycles. The number of para-hydroxylation sites is 1. The first kappa shape index (κ1) is 17.3. The van der Waals surface area contributed by atoms with Gasteiger partial charge in [0.15, 0.2) is 11.5 Å². The van der Waals surface area contributed by atoms with Gasteiger partial charge in [0.1, 0.15) is 12.2 Å². The highest BCUT2D eigenvalue weighted by atomic mass is 16.5. The Morgan fingerprint density at radius 2 is 1.75 bits per heavy atom. The SMILES string of the molecule is C=CCOc1c(C=C2C(=O)N(C)C(=O)N(C)C2=O)cccc1OC. The van der Waals surface area contributed by atoms with Crippen molar-refractivity contribution in [2.24, 2.45) is 0 Å². The summed E-state index contributed by atoms with van der Waals surface area (Å²) in [5.74, 6) is -0.490. The van der Waals surface area contributed by atoms with Crippen LogP contribution in [-0.4, -0.2) is 55.5 Å². The molecule has 0 N–H and O–H groups in total. The second kappa shape index (κ2) is 6.99. The van der Waals surface area contributed by atoms with Crippen LogP contribution < -0.4 is 9.47 Å². The minimum atomic E-state index is -0.670. The Morgan fingerprint density at radius 3 is 2.29 bits per heavy atom. The van der Waals surface area contributed by atoms with E-state index in [0.717, 1.165) is 9.80 Å². The van der Waals surface area contributed by atoms with Gasteiger partial charge in [-0.25, -0.2) is 4.79 Å². The number of hydrogen-bond donors (Lipinski definition) is 0. The van der Waals surface area contributed by atoms with Crippen LogP contribution in [0, 0.1) is 0 Å². The molecule has 0 radical (unpaired) electrons. The van der Waals surface area contributed by atoms with Crippen molar-refractivity contribution in [2.45, 2.75) is 0 Å². The summed E-state index contributed by atoms with van der Waals surface area (Å²) >= 11 is 0. The van der Waals surface area contributed by atoms with E-state index in [1.165, 1.54) is 27.3 Å². The molecule has 0 saturated carbocycles. The molecule has 1 heterocycles. The third-order valence-corrected chi connectivity index (χ3v) is 3.52. The summed E-state index contributed by atoms with van der Waals surface area (Å²) in [6, 6.07) is 4.43. The summed E-state index contributed by atoms with van der Waals surface area (Å²) in [6.07, 6.45) is 2.96. The summed E-state index contributed by atoms with van der Waals surface area (Å²) in [6.45, 7) is 3.82. The van der Waals surface area contributed by atoms with Crippen molar-refractivity contribution in [1.29, 1.82) is 0 Å². The van der Waals surface area contributed by atoms with E-state index in [1.807, 2.05) is 0 Å². The zero-order valence-corrected chi connectivity index (χ0v) is 13.7. The van der Waals surface area contributed by atoms with E-state index in [4.69, 9.17) is 9.47 Å². The van der Waals surface area contributed by atoms with Crippen molar-refractivity contribution >= 4 is 23.9 Å². The minimum absolute atomic E-state index is 0.128. The third-order valence-electron chi connectivity index (χ3n) is 3.52. The molecule has 1 aliphatic heterocycles. The Kier molecular flexibility index (Phi) is 5.03. The topological polar surface area (TPSA) is 76.2 Å². The normalized spacial score (nSPS) is 14.8. The number of urea groups is 1. The molecule has 1 aromatic carbocycles. The van der Waals surface area contributed by atoms with Crippen LogP contribution in [0.1, 0.15) is 5.56 Å². The van der Waals surface area contributed by atoms with Gasteiger partial charge < -0.3 is 9.47 Å². The van der Waals surface area contributed by atoms with Crippen molar-refractivity contribution in [3.63, 3.8) is 0 Å². The lowest BCUT2D eigenvalue weighted by Gasteiger charge is -2.29. The average molecular weight is 330 g/mol. The summed E-state index contributed by atoms with van der Waals surface area (Å²) in [4.78, 5) is 38.1. The number of hydrogen-bond acceptors (Lipinski definition) is 5. The first-order chi connectivity index (χ1) is 11.4. The van der Waals surface area contributed by atoms with Crippen LogP contribution in [0.25, 0.3) is 6.08 Å². The fraction of sp³-hybridized carbons (Fsp3) is 0.235. The molecule has 7 nitrogen and oxygen atoms in total. The molecule has 24 heavy (non-hydrogen) atoms. The largest absolute Gasteiger partial charge is 0.493 e. The van der Waals surface area contributed by atoms with Crippen LogP contribution in [-0.2, 0) is 9.59 Å². The highest BCUT2D eigenvalue weighted by Crippen LogP contribution is 2.33. The van der Waals surface area contributed by atoms with Gasteiger partial charge in [-0.3, -0.25) is 19.4 Å². The number of imide groups is 2. The molecule has 4 amide bonds. The van der Waals surface area contributed by atoms with Crippen molar-refractivity contribution < 1.29 is 23.9 Å². The molecule has 126 valence electrons. The van der Waals surface area contributed by atoms with Crippen molar-refractivity contribution in [3.8, 4) is 11.5 Å². The molecule has 1 fully saturated rings. The molecule has 7 heteroatoms. The average Bonchev–Trinajstić information content (AvgIpc) is 2.60. The van der Waals surface area contributed by atoms with Crippen molar-refractivity contribution in [3.05, 3.63) is 42.0 Å². The number of nitrogens with zero attached hydrogens (tertiary/aromatic N) is 2. The fourth-order valence-electron chi connectivity index (χ4n) is 2.23. The first-order valence-corrected chi connectivity index (χ1v) is 7.14. The highest BCUT2D eigenvalue weighted by Gasteiger charge is 2.38. The zero-order valence-electron chi connectivity index (χ0n) is 13.7. The van der Waals surface area contributed by atoms with Crippen LogP contribution >= 0.6 is 0 Å². The Balaban J connectivity index is 2.53. The van der Waals surface area contributed by atoms with Crippen LogP contribution in [0.2, 0.25) is 0 Å². The second-order valence-electron chi connectivity index (χ2n) is 5.05. The summed E-state index contributed by atoms with van der Waals surface area (Å²) in [5, 5.41) is 0. The highest BCUT2D eigenvalue weighted by molar-refractivity contribution is 6.30. The van der Waals surface area contributed by atoms with Gasteiger partial charge in [-0.05, 0) is 12.1 Å². The zero-order chi connectivity index (χ0) is 17.9. The lowest BCUT2D eigenvalue weighted by atomic mass is 10.1. The Bertz CT molecular complexity index is 712. The van der Waals surface area contributed by atoms with Gasteiger partial charge in [0, 0.05) is 19.7 Å². The molecular formula is C17H18N2O5. The quantitative estimate of drug-likeness (QED) is 0.466. The van der Waals surface area contributed by atoms with E-state index < -0.39 is 17.8 Å². The molecule has 1 saturated heterocycles. The molecular weight excluding hydrogens is 312 g/mol. The fourth-order valence-corrected chi connectivity index (χ4v) is 2.23. The van der Waals surface area contributed by atoms with Gasteiger partial charge in [0.2, 0.25) is 0 Å². The monoisotopic (exact) mass is 330 g/mol. The van der Waals surface area contributed by atoms with E-state index in [0.29, 0.717) is 17.1 Å². The molecule has 0 atom stereocenters. The van der Waals surface area contributed by atoms with Gasteiger partial charge in [-0.2, -0.15) is 0 Å². The minimum Gasteiger partial charge on any atom is -0.493 e. The molecule has 0 bridgehead atoms. The maximum Gasteiger partial charge on any atom is 0.333 e. The first-order valence-electron chi connectivity index (χ1n) is 7.14. The van der Waals surface area contributed by atoms with Crippen LogP contribution in [0.3, 0.4) is 0 Å². The lowest BCUT2D eigenvalue weighted by molar-refractivity contribution is -0.134. The summed E-state index contributed by atoms with van der Waals surface area (Å²) in [5.41, 5.74) is 0.361. The van der Waals surface area contributed by atoms with Gasteiger partial charge >= 0.3 is 6.03 Å². The predicted molar refractivity (Wildman–Crippen MR) is 87.6 cm³/mol. The van der Waals surface area contributed by atoms with E-state index in [-0.39, 0.29) is 12.2 Å². The van der Waals surface area contributed by atoms with Gasteiger partial charge in [-0.1, -0.05) is 24.8 Å². The van der Waals surface area contributed by atoms with Crippen LogP contribution in [0.4, 0.5) is 4.79 Å². The molecule has 2 rings (SSSR count). The van der Waals surface area contributed by atoms with Crippen molar-refractivity contribution in [1.82, 2.24) is 9.80 Å². The van der Waals surface area contributed by atoms with Gasteiger partial charge in [0.05, 0.1) is 7.11 Å². The van der Waals surface area contributed by atoms with Crippen molar-refractivity contribution in [2.75, 3.05) is 27.8 Å². The number of likely N-dealkylation sites (N-methyl/N-ethyl adjacent to an activating group) is 2. The lowest BCUT2D eigenvalue weighted by Crippen LogP contribution is -2.52. The number of carbonyl (C=O) groups is 3. The Hall–Kier alpha value is -3.09. The van der Waals surface area contributed by atoms with E-state index >= 15 is 0 Å². The van der Waals surface area contributed by atoms with Crippen LogP contribution in [0.15, 0.2) is 36.4 Å². The number of methoxy groups -OCH3 is 1. The van der Waals surface area contributed by atoms with E-state index in [1.54, 1.807) is 24.3 Å². The summed E-state index contributed by atoms with van der Waals surface area (Å²) in [7, 11) is 4.13. The number of benzene rings is 1. The maximum atomic E-state index is 12.3. The predicted octanol–water partition coefficient (Wildman–Crippen LogP) is 1.69. The third kappa shape index (κ3) is 3.01. The number of barbiturate groups is 1. The molecule has 0 spiro atoms. The summed E-state index contributed by atoms with van der Waals surface area (Å²) < 4.78 is 10.8. The van der Waals surface area contributed by atoms with Crippen LogP contribution in [0.5, 0.6) is 11.5 Å². The van der Waals surface area contributed by atoms with E-state index in [9.17, 15) is 14.4 Å². The Morgan fingerprint density at radius 1 is 1.12 bits per heavy atom. The van der Waals surface area contributed by atoms with Gasteiger partial charge in [-0.15, -0.1) is 0 Å². The number of carbonyl (C=O) groups excluding carboxylic acids is 3. The number of amides is 4. The molecule has 1 aromatic rings. The standard InChI is InChI=1S/C17H18N2O5/c1-5-9-24-14-11(7-6-8-13(14)23-4)10-12-15(20)18(2)17(22)19(3)16(12)21/h5-8,10H,1,9H2,2-4H3. The molecule has 1 aliphatic rings. The maximum absolute atomic E-state index is 12.3. The molecule has 0 aromatic heterocycles. The van der Waals surface area contributed by atoms with E-state index in [2.05, 4.69) is 6.58 Å². The smallest absolute Gasteiger partial charge is 0.333 e. The Labute approximate surface area is 139 Å². The second-order valence-corrected chi connectivity index (χ2v) is 5.05.